The smallest absolute Gasteiger partial charge is 0.252 e. The third-order valence-corrected chi connectivity index (χ3v) is 4.38. The summed E-state index contributed by atoms with van der Waals surface area (Å²) in [6.45, 7) is 2.90. The monoisotopic (exact) mass is 391 g/mol. The second-order valence-electron chi connectivity index (χ2n) is 6.39. The molecule has 1 heterocycles. The van der Waals surface area contributed by atoms with E-state index in [2.05, 4.69) is 34.7 Å². The number of hydrogen-bond acceptors (Lipinski definition) is 5. The van der Waals surface area contributed by atoms with Crippen LogP contribution in [-0.2, 0) is 6.42 Å². The van der Waals surface area contributed by atoms with E-state index in [0.717, 1.165) is 23.6 Å². The van der Waals surface area contributed by atoms with Crippen LogP contribution in [0.2, 0.25) is 0 Å². The van der Waals surface area contributed by atoms with Crippen molar-refractivity contribution >= 4 is 17.4 Å². The minimum Gasteiger partial charge on any atom is -0.497 e. The number of anilines is 2. The number of hydrogen-bond donors (Lipinski definition) is 2. The number of aromatic nitrogens is 1. The number of pyridine rings is 1. The zero-order chi connectivity index (χ0) is 20.5. The quantitative estimate of drug-likeness (QED) is 0.535. The van der Waals surface area contributed by atoms with Gasteiger partial charge in [-0.1, -0.05) is 19.1 Å². The first-order chi connectivity index (χ1) is 14.2. The molecule has 1 aromatic heterocycles. The van der Waals surface area contributed by atoms with Gasteiger partial charge in [0, 0.05) is 11.9 Å². The molecule has 0 saturated heterocycles. The summed E-state index contributed by atoms with van der Waals surface area (Å²) in [5.41, 5.74) is 2.75. The van der Waals surface area contributed by atoms with E-state index in [4.69, 9.17) is 9.47 Å². The lowest BCUT2D eigenvalue weighted by Crippen LogP contribution is -2.28. The van der Waals surface area contributed by atoms with E-state index in [1.807, 2.05) is 36.4 Å². The van der Waals surface area contributed by atoms with Gasteiger partial charge in [-0.2, -0.15) is 0 Å². The first-order valence-corrected chi connectivity index (χ1v) is 9.55. The number of benzene rings is 2. The van der Waals surface area contributed by atoms with Crippen LogP contribution in [0.5, 0.6) is 11.5 Å². The van der Waals surface area contributed by atoms with Gasteiger partial charge in [-0.15, -0.1) is 0 Å². The number of nitrogens with one attached hydrogen (secondary N) is 2. The highest BCUT2D eigenvalue weighted by Gasteiger charge is 2.06. The Kier molecular flexibility index (Phi) is 7.05. The first kappa shape index (κ1) is 20.2. The third-order valence-electron chi connectivity index (χ3n) is 4.38. The molecule has 0 saturated carbocycles. The molecule has 0 bridgehead atoms. The SMILES string of the molecule is CCc1ccc(Nc2ccc(C(=O)NCCOc3ccc(OC)cc3)cn2)cc1. The molecule has 3 rings (SSSR count). The Morgan fingerprint density at radius 2 is 1.69 bits per heavy atom. The number of aryl methyl sites for hydroxylation is 1. The number of ether oxygens (including phenoxy) is 2. The number of amides is 1. The highest BCUT2D eigenvalue weighted by Crippen LogP contribution is 2.17. The fraction of sp³-hybridized carbons (Fsp3) is 0.217. The van der Waals surface area contributed by atoms with Gasteiger partial charge in [0.25, 0.3) is 5.91 Å². The molecule has 0 aliphatic heterocycles. The van der Waals surface area contributed by atoms with Crippen molar-refractivity contribution in [2.45, 2.75) is 13.3 Å². The lowest BCUT2D eigenvalue weighted by Gasteiger charge is -2.09. The van der Waals surface area contributed by atoms with E-state index in [0.29, 0.717) is 24.5 Å². The number of carbonyl (C=O) groups excluding carboxylic acids is 1. The average Bonchev–Trinajstić information content (AvgIpc) is 2.78. The van der Waals surface area contributed by atoms with E-state index in [1.165, 1.54) is 5.56 Å². The molecule has 0 aliphatic rings. The van der Waals surface area contributed by atoms with Gasteiger partial charge in [-0.3, -0.25) is 4.79 Å². The van der Waals surface area contributed by atoms with Crippen molar-refractivity contribution in [1.82, 2.24) is 10.3 Å². The van der Waals surface area contributed by atoms with Crippen molar-refractivity contribution in [2.24, 2.45) is 0 Å². The maximum Gasteiger partial charge on any atom is 0.252 e. The summed E-state index contributed by atoms with van der Waals surface area (Å²) in [7, 11) is 1.62. The third kappa shape index (κ3) is 5.97. The van der Waals surface area contributed by atoms with Gasteiger partial charge in [0.05, 0.1) is 19.2 Å². The number of methoxy groups -OCH3 is 1. The van der Waals surface area contributed by atoms with Crippen molar-refractivity contribution < 1.29 is 14.3 Å². The maximum atomic E-state index is 12.2. The molecule has 0 spiro atoms. The van der Waals surface area contributed by atoms with E-state index < -0.39 is 0 Å². The molecule has 3 aromatic rings. The lowest BCUT2D eigenvalue weighted by atomic mass is 10.1. The minimum atomic E-state index is -0.185. The molecule has 0 radical (unpaired) electrons. The maximum absolute atomic E-state index is 12.2. The van der Waals surface area contributed by atoms with Crippen molar-refractivity contribution in [3.63, 3.8) is 0 Å². The highest BCUT2D eigenvalue weighted by atomic mass is 16.5. The fourth-order valence-corrected chi connectivity index (χ4v) is 2.68. The van der Waals surface area contributed by atoms with Crippen LogP contribution in [-0.4, -0.2) is 31.2 Å². The largest absolute Gasteiger partial charge is 0.497 e. The topological polar surface area (TPSA) is 72.5 Å². The van der Waals surface area contributed by atoms with Crippen LogP contribution in [0.4, 0.5) is 11.5 Å². The van der Waals surface area contributed by atoms with Crippen LogP contribution in [0.15, 0.2) is 66.9 Å². The van der Waals surface area contributed by atoms with Gasteiger partial charge < -0.3 is 20.1 Å². The normalized spacial score (nSPS) is 10.3. The molecule has 0 atom stereocenters. The van der Waals surface area contributed by atoms with E-state index in [9.17, 15) is 4.79 Å². The Balaban J connectivity index is 1.44. The Bertz CT molecular complexity index is 908. The molecule has 0 fully saturated rings. The summed E-state index contributed by atoms with van der Waals surface area (Å²) in [4.78, 5) is 16.6. The molecule has 1 amide bonds. The van der Waals surface area contributed by atoms with Crippen LogP contribution in [0.3, 0.4) is 0 Å². The summed E-state index contributed by atoms with van der Waals surface area (Å²) >= 11 is 0. The summed E-state index contributed by atoms with van der Waals surface area (Å²) < 4.78 is 10.7. The summed E-state index contributed by atoms with van der Waals surface area (Å²) in [5.74, 6) is 2.00. The van der Waals surface area contributed by atoms with Crippen LogP contribution in [0.25, 0.3) is 0 Å². The van der Waals surface area contributed by atoms with Crippen LogP contribution in [0.1, 0.15) is 22.8 Å². The van der Waals surface area contributed by atoms with E-state index in [-0.39, 0.29) is 5.91 Å². The van der Waals surface area contributed by atoms with Crippen LogP contribution >= 0.6 is 0 Å². The standard InChI is InChI=1S/C23H25N3O3/c1-3-17-4-7-19(8-5-17)26-22-13-6-18(16-25-22)23(27)24-14-15-29-21-11-9-20(28-2)10-12-21/h4-13,16H,3,14-15H2,1-2H3,(H,24,27)(H,25,26). The molecule has 6 heteroatoms. The summed E-state index contributed by atoms with van der Waals surface area (Å²) in [6, 6.07) is 19.0. The average molecular weight is 391 g/mol. The predicted octanol–water partition coefficient (Wildman–Crippen LogP) is 4.21. The van der Waals surface area contributed by atoms with Gasteiger partial charge in [-0.05, 0) is 60.5 Å². The molecule has 2 N–H and O–H groups in total. The minimum absolute atomic E-state index is 0.185. The second-order valence-corrected chi connectivity index (χ2v) is 6.39. The zero-order valence-electron chi connectivity index (χ0n) is 16.6. The molecule has 29 heavy (non-hydrogen) atoms. The van der Waals surface area contributed by atoms with Crippen molar-refractivity contribution in [2.75, 3.05) is 25.6 Å². The van der Waals surface area contributed by atoms with Crippen molar-refractivity contribution in [3.8, 4) is 11.5 Å². The Morgan fingerprint density at radius 1 is 0.966 bits per heavy atom. The zero-order valence-corrected chi connectivity index (χ0v) is 16.6. The van der Waals surface area contributed by atoms with Crippen LogP contribution in [0, 0.1) is 0 Å². The van der Waals surface area contributed by atoms with Crippen molar-refractivity contribution in [1.29, 1.82) is 0 Å². The Hall–Kier alpha value is -3.54. The summed E-state index contributed by atoms with van der Waals surface area (Å²) in [5, 5.41) is 6.05. The van der Waals surface area contributed by atoms with E-state index >= 15 is 0 Å². The highest BCUT2D eigenvalue weighted by molar-refractivity contribution is 5.94. The lowest BCUT2D eigenvalue weighted by molar-refractivity contribution is 0.0946. The molecular weight excluding hydrogens is 366 g/mol. The Morgan fingerprint density at radius 3 is 2.31 bits per heavy atom. The molecular formula is C23H25N3O3. The fourth-order valence-electron chi connectivity index (χ4n) is 2.68. The van der Waals surface area contributed by atoms with Crippen LogP contribution < -0.4 is 20.1 Å². The molecule has 0 unspecified atom stereocenters. The number of carbonyl (C=O) groups is 1. The van der Waals surface area contributed by atoms with Gasteiger partial charge in [0.15, 0.2) is 0 Å². The molecule has 2 aromatic carbocycles. The summed E-state index contributed by atoms with van der Waals surface area (Å²) in [6.07, 6.45) is 2.57. The second kappa shape index (κ2) is 10.1. The molecule has 0 aliphatic carbocycles. The van der Waals surface area contributed by atoms with Gasteiger partial charge in [0.2, 0.25) is 0 Å². The van der Waals surface area contributed by atoms with Gasteiger partial charge in [-0.25, -0.2) is 4.98 Å². The Labute approximate surface area is 170 Å². The van der Waals surface area contributed by atoms with Gasteiger partial charge in [0.1, 0.15) is 23.9 Å². The van der Waals surface area contributed by atoms with E-state index in [1.54, 1.807) is 25.4 Å². The molecule has 6 nitrogen and oxygen atoms in total. The number of rotatable bonds is 9. The predicted molar refractivity (Wildman–Crippen MR) is 114 cm³/mol. The molecule has 150 valence electrons. The van der Waals surface area contributed by atoms with Gasteiger partial charge >= 0.3 is 0 Å². The first-order valence-electron chi connectivity index (χ1n) is 9.55. The van der Waals surface area contributed by atoms with Crippen molar-refractivity contribution in [3.05, 3.63) is 78.0 Å². The number of nitrogens with zero attached hydrogens (tertiary/aromatic N) is 1.